The van der Waals surface area contributed by atoms with Crippen LogP contribution in [0.15, 0.2) is 0 Å². The second-order valence-corrected chi connectivity index (χ2v) is 6.23. The van der Waals surface area contributed by atoms with Crippen LogP contribution in [0, 0.1) is 17.8 Å². The molecule has 2 nitrogen and oxygen atoms in total. The lowest BCUT2D eigenvalue weighted by molar-refractivity contribution is -0.290. The Kier molecular flexibility index (Phi) is 4.48. The quantitative estimate of drug-likeness (QED) is 0.742. The molecule has 6 unspecified atom stereocenters. The maximum absolute atomic E-state index is 6.22. The van der Waals surface area contributed by atoms with Gasteiger partial charge in [0.2, 0.25) is 0 Å². The van der Waals surface area contributed by atoms with Gasteiger partial charge in [0.25, 0.3) is 0 Å². The standard InChI is InChI=1S/C15H28O2/c1-5-6-11(3)15-16-12(4)13-8-7-10(2)9-14(13)17-15/h10-15H,5-9H2,1-4H3. The van der Waals surface area contributed by atoms with Crippen LogP contribution in [0.4, 0.5) is 0 Å². The van der Waals surface area contributed by atoms with Crippen molar-refractivity contribution in [2.24, 2.45) is 17.8 Å². The molecular formula is C15H28O2. The summed E-state index contributed by atoms with van der Waals surface area (Å²) in [7, 11) is 0. The van der Waals surface area contributed by atoms with Crippen LogP contribution in [-0.4, -0.2) is 18.5 Å². The van der Waals surface area contributed by atoms with E-state index in [0.717, 1.165) is 5.92 Å². The smallest absolute Gasteiger partial charge is 0.160 e. The predicted molar refractivity (Wildman–Crippen MR) is 69.8 cm³/mol. The van der Waals surface area contributed by atoms with E-state index in [4.69, 9.17) is 9.47 Å². The van der Waals surface area contributed by atoms with E-state index in [-0.39, 0.29) is 6.29 Å². The molecule has 17 heavy (non-hydrogen) atoms. The van der Waals surface area contributed by atoms with Crippen molar-refractivity contribution in [1.82, 2.24) is 0 Å². The highest BCUT2D eigenvalue weighted by Gasteiger charge is 2.41. The molecule has 0 aromatic heterocycles. The Hall–Kier alpha value is -0.0800. The summed E-state index contributed by atoms with van der Waals surface area (Å²) in [5, 5.41) is 0. The van der Waals surface area contributed by atoms with Crippen LogP contribution in [0.5, 0.6) is 0 Å². The van der Waals surface area contributed by atoms with Crippen LogP contribution in [0.25, 0.3) is 0 Å². The zero-order valence-electron chi connectivity index (χ0n) is 11.8. The predicted octanol–water partition coefficient (Wildman–Crippen LogP) is 3.99. The Morgan fingerprint density at radius 3 is 2.65 bits per heavy atom. The maximum Gasteiger partial charge on any atom is 0.160 e. The first-order chi connectivity index (χ1) is 8.11. The zero-order valence-corrected chi connectivity index (χ0v) is 11.8. The lowest BCUT2D eigenvalue weighted by atomic mass is 9.77. The van der Waals surface area contributed by atoms with Crippen molar-refractivity contribution < 1.29 is 9.47 Å². The van der Waals surface area contributed by atoms with Gasteiger partial charge in [0, 0.05) is 11.8 Å². The van der Waals surface area contributed by atoms with Gasteiger partial charge in [-0.05, 0) is 32.1 Å². The molecule has 0 spiro atoms. The van der Waals surface area contributed by atoms with E-state index in [1.54, 1.807) is 0 Å². The van der Waals surface area contributed by atoms with Crippen molar-refractivity contribution in [1.29, 1.82) is 0 Å². The molecule has 0 radical (unpaired) electrons. The fraction of sp³-hybridized carbons (Fsp3) is 1.00. The molecule has 2 rings (SSSR count). The molecule has 0 bridgehead atoms. The molecule has 1 aliphatic carbocycles. The highest BCUT2D eigenvalue weighted by atomic mass is 16.7. The normalized spacial score (nSPS) is 44.1. The van der Waals surface area contributed by atoms with Crippen molar-refractivity contribution in [3.63, 3.8) is 0 Å². The van der Waals surface area contributed by atoms with Gasteiger partial charge >= 0.3 is 0 Å². The average molecular weight is 240 g/mol. The van der Waals surface area contributed by atoms with Gasteiger partial charge in [0.15, 0.2) is 6.29 Å². The van der Waals surface area contributed by atoms with Gasteiger partial charge in [-0.2, -0.15) is 0 Å². The third-order valence-electron chi connectivity index (χ3n) is 4.57. The molecule has 1 saturated heterocycles. The van der Waals surface area contributed by atoms with Gasteiger partial charge < -0.3 is 9.47 Å². The first-order valence-corrected chi connectivity index (χ1v) is 7.42. The SMILES string of the molecule is CCCC(C)C1OC(C)C2CCC(C)CC2O1. The minimum Gasteiger partial charge on any atom is -0.349 e. The summed E-state index contributed by atoms with van der Waals surface area (Å²) in [6.07, 6.45) is 7.13. The largest absolute Gasteiger partial charge is 0.349 e. The van der Waals surface area contributed by atoms with E-state index in [1.165, 1.54) is 32.1 Å². The van der Waals surface area contributed by atoms with E-state index < -0.39 is 0 Å². The Labute approximate surface area is 106 Å². The Morgan fingerprint density at radius 2 is 1.94 bits per heavy atom. The summed E-state index contributed by atoms with van der Waals surface area (Å²) >= 11 is 0. The number of rotatable bonds is 3. The third kappa shape index (κ3) is 3.03. The molecule has 0 N–H and O–H groups in total. The topological polar surface area (TPSA) is 18.5 Å². The van der Waals surface area contributed by atoms with Gasteiger partial charge in [-0.25, -0.2) is 0 Å². The van der Waals surface area contributed by atoms with E-state index in [2.05, 4.69) is 27.7 Å². The van der Waals surface area contributed by atoms with Gasteiger partial charge in [-0.1, -0.05) is 33.6 Å². The van der Waals surface area contributed by atoms with Gasteiger partial charge in [-0.15, -0.1) is 0 Å². The highest BCUT2D eigenvalue weighted by molar-refractivity contribution is 4.86. The fourth-order valence-corrected chi connectivity index (χ4v) is 3.42. The number of fused-ring (bicyclic) bond motifs is 1. The molecular weight excluding hydrogens is 212 g/mol. The molecule has 1 aliphatic heterocycles. The molecule has 100 valence electrons. The molecule has 0 aromatic rings. The lowest BCUT2D eigenvalue weighted by Gasteiger charge is -2.46. The maximum atomic E-state index is 6.22. The molecule has 2 heteroatoms. The van der Waals surface area contributed by atoms with Crippen LogP contribution in [-0.2, 0) is 9.47 Å². The minimum atomic E-state index is 0.0384. The van der Waals surface area contributed by atoms with E-state index in [1.807, 2.05) is 0 Å². The summed E-state index contributed by atoms with van der Waals surface area (Å²) in [5.41, 5.74) is 0. The Balaban J connectivity index is 1.96. The Morgan fingerprint density at radius 1 is 1.18 bits per heavy atom. The first-order valence-electron chi connectivity index (χ1n) is 7.42. The summed E-state index contributed by atoms with van der Waals surface area (Å²) in [4.78, 5) is 0. The van der Waals surface area contributed by atoms with Gasteiger partial charge in [0.05, 0.1) is 12.2 Å². The van der Waals surface area contributed by atoms with E-state index in [0.29, 0.717) is 24.0 Å². The van der Waals surface area contributed by atoms with Gasteiger partial charge in [-0.3, -0.25) is 0 Å². The van der Waals surface area contributed by atoms with Crippen LogP contribution in [0.1, 0.15) is 59.8 Å². The Bertz CT molecular complexity index is 241. The molecule has 0 aromatic carbocycles. The van der Waals surface area contributed by atoms with E-state index >= 15 is 0 Å². The molecule has 1 saturated carbocycles. The average Bonchev–Trinajstić information content (AvgIpc) is 2.28. The van der Waals surface area contributed by atoms with Crippen molar-refractivity contribution in [3.05, 3.63) is 0 Å². The van der Waals surface area contributed by atoms with Crippen LogP contribution >= 0.6 is 0 Å². The first kappa shape index (κ1) is 13.4. The van der Waals surface area contributed by atoms with Crippen molar-refractivity contribution in [3.8, 4) is 0 Å². The van der Waals surface area contributed by atoms with Crippen LogP contribution in [0.2, 0.25) is 0 Å². The molecule has 2 aliphatic rings. The van der Waals surface area contributed by atoms with Crippen molar-refractivity contribution in [2.45, 2.75) is 78.3 Å². The highest BCUT2D eigenvalue weighted by Crippen LogP contribution is 2.39. The molecule has 2 fully saturated rings. The third-order valence-corrected chi connectivity index (χ3v) is 4.57. The molecule has 6 atom stereocenters. The van der Waals surface area contributed by atoms with Gasteiger partial charge in [0.1, 0.15) is 0 Å². The van der Waals surface area contributed by atoms with Crippen molar-refractivity contribution >= 4 is 0 Å². The fourth-order valence-electron chi connectivity index (χ4n) is 3.42. The van der Waals surface area contributed by atoms with Crippen molar-refractivity contribution in [2.75, 3.05) is 0 Å². The van der Waals surface area contributed by atoms with Crippen LogP contribution < -0.4 is 0 Å². The summed E-state index contributed by atoms with van der Waals surface area (Å²) < 4.78 is 12.3. The van der Waals surface area contributed by atoms with E-state index in [9.17, 15) is 0 Å². The molecule has 1 heterocycles. The number of hydrogen-bond acceptors (Lipinski definition) is 2. The minimum absolute atomic E-state index is 0.0384. The molecule has 0 amide bonds. The number of ether oxygens (including phenoxy) is 2. The second kappa shape index (κ2) is 5.71. The summed E-state index contributed by atoms with van der Waals surface area (Å²) in [6.45, 7) is 9.08. The zero-order chi connectivity index (χ0) is 12.4. The number of hydrogen-bond donors (Lipinski definition) is 0. The monoisotopic (exact) mass is 240 g/mol. The lowest BCUT2D eigenvalue weighted by Crippen LogP contribution is -2.49. The summed E-state index contributed by atoms with van der Waals surface area (Å²) in [6, 6.07) is 0. The summed E-state index contributed by atoms with van der Waals surface area (Å²) in [5.74, 6) is 1.99. The second-order valence-electron chi connectivity index (χ2n) is 6.23. The van der Waals surface area contributed by atoms with Crippen LogP contribution in [0.3, 0.4) is 0 Å².